The maximum absolute atomic E-state index is 13.2. The summed E-state index contributed by atoms with van der Waals surface area (Å²) in [4.78, 5) is 17.6. The fourth-order valence-electron chi connectivity index (χ4n) is 4.02. The number of likely N-dealkylation sites (N-methyl/N-ethyl adjacent to an activating group) is 1. The van der Waals surface area contributed by atoms with Crippen LogP contribution in [0.15, 0.2) is 94.9 Å². The van der Waals surface area contributed by atoms with Gasteiger partial charge in [-0.1, -0.05) is 48.5 Å². The molecule has 2 aliphatic heterocycles. The molecule has 7 nitrogen and oxygen atoms in total. The van der Waals surface area contributed by atoms with Gasteiger partial charge in [0.25, 0.3) is 0 Å². The molecule has 3 aromatic carbocycles. The van der Waals surface area contributed by atoms with Crippen molar-refractivity contribution in [3.8, 4) is 22.6 Å². The minimum atomic E-state index is -0.0396. The van der Waals surface area contributed by atoms with E-state index in [9.17, 15) is 4.79 Å². The average Bonchev–Trinajstić information content (AvgIpc) is 3.36. The maximum Gasteiger partial charge on any atom is 0.231 e. The molecule has 0 amide bonds. The van der Waals surface area contributed by atoms with Crippen molar-refractivity contribution in [2.45, 2.75) is 0 Å². The van der Waals surface area contributed by atoms with Gasteiger partial charge >= 0.3 is 0 Å². The van der Waals surface area contributed by atoms with Crippen molar-refractivity contribution in [3.05, 3.63) is 90.3 Å². The Balaban J connectivity index is 1.34. The number of nitrogens with zero attached hydrogens (tertiary/aromatic N) is 4. The summed E-state index contributed by atoms with van der Waals surface area (Å²) in [6, 6.07) is 23.0. The molecular weight excluding hydrogens is 428 g/mol. The molecule has 2 aliphatic rings. The molecule has 0 saturated carbocycles. The van der Waals surface area contributed by atoms with Gasteiger partial charge in [-0.15, -0.1) is 0 Å². The molecule has 2 heterocycles. The van der Waals surface area contributed by atoms with Gasteiger partial charge in [0.05, 0.1) is 11.9 Å². The van der Waals surface area contributed by atoms with Crippen LogP contribution >= 0.6 is 0 Å². The number of azo groups is 1. The molecule has 0 unspecified atom stereocenters. The summed E-state index contributed by atoms with van der Waals surface area (Å²) >= 11 is 0. The third-order valence-corrected chi connectivity index (χ3v) is 6.04. The lowest BCUT2D eigenvalue weighted by molar-refractivity contribution is 0.0962. The molecule has 0 radical (unpaired) electrons. The topological polar surface area (TPSA) is 66.7 Å². The van der Waals surface area contributed by atoms with Gasteiger partial charge in [-0.05, 0) is 42.4 Å². The van der Waals surface area contributed by atoms with Gasteiger partial charge in [0.1, 0.15) is 5.70 Å². The summed E-state index contributed by atoms with van der Waals surface area (Å²) in [6.45, 7) is 3.62. The van der Waals surface area contributed by atoms with Crippen LogP contribution < -0.4 is 9.47 Å². The van der Waals surface area contributed by atoms with E-state index in [1.54, 1.807) is 6.20 Å². The van der Waals surface area contributed by atoms with Crippen LogP contribution in [-0.2, 0) is 0 Å². The Hall–Kier alpha value is -3.97. The summed E-state index contributed by atoms with van der Waals surface area (Å²) in [5.41, 5.74) is 4.02. The molecule has 0 N–H and O–H groups in total. The van der Waals surface area contributed by atoms with E-state index >= 15 is 0 Å². The first-order valence-corrected chi connectivity index (χ1v) is 11.3. The van der Waals surface area contributed by atoms with E-state index in [-0.39, 0.29) is 12.6 Å². The number of rotatable bonds is 6. The molecule has 0 aromatic heterocycles. The molecule has 7 heteroatoms. The molecule has 1 saturated heterocycles. The molecule has 0 aliphatic carbocycles. The quantitative estimate of drug-likeness (QED) is 0.293. The highest BCUT2D eigenvalue weighted by Crippen LogP contribution is 2.36. The Morgan fingerprint density at radius 2 is 1.56 bits per heavy atom. The zero-order valence-electron chi connectivity index (χ0n) is 19.1. The van der Waals surface area contributed by atoms with Gasteiger partial charge in [0.15, 0.2) is 11.5 Å². The number of Topliss-reactive ketones (excluding diaryl/α,β-unsaturated/α-hetero) is 1. The Labute approximate surface area is 198 Å². The largest absolute Gasteiger partial charge is 0.454 e. The molecule has 172 valence electrons. The van der Waals surface area contributed by atoms with E-state index in [2.05, 4.69) is 27.1 Å². The summed E-state index contributed by atoms with van der Waals surface area (Å²) in [5.74, 6) is 1.48. The minimum absolute atomic E-state index is 0.0396. The van der Waals surface area contributed by atoms with E-state index in [0.717, 1.165) is 48.8 Å². The summed E-state index contributed by atoms with van der Waals surface area (Å²) in [5, 5.41) is 8.62. The standard InChI is InChI=1S/C27H26N4O3/c1-30-13-15-31(16-14-30)24(27(32)21-5-3-2-4-6-21)18-28-29-23-10-7-20(8-11-23)22-9-12-25-26(17-22)34-19-33-25/h2-12,17-18H,13-16,19H2,1H3/b24-18-,29-28?. The molecule has 1 fully saturated rings. The number of piperazine rings is 1. The second-order valence-electron chi connectivity index (χ2n) is 8.33. The molecular formula is C27H26N4O3. The zero-order chi connectivity index (χ0) is 23.3. The molecule has 5 rings (SSSR count). The number of hydrogen-bond acceptors (Lipinski definition) is 7. The fourth-order valence-corrected chi connectivity index (χ4v) is 4.02. The molecule has 34 heavy (non-hydrogen) atoms. The van der Waals surface area contributed by atoms with Crippen LogP contribution in [0, 0.1) is 0 Å². The lowest BCUT2D eigenvalue weighted by Crippen LogP contribution is -2.45. The van der Waals surface area contributed by atoms with E-state index in [1.165, 1.54) is 0 Å². The van der Waals surface area contributed by atoms with Crippen molar-refractivity contribution in [1.29, 1.82) is 0 Å². The monoisotopic (exact) mass is 454 g/mol. The Morgan fingerprint density at radius 1 is 0.853 bits per heavy atom. The predicted molar refractivity (Wildman–Crippen MR) is 130 cm³/mol. The lowest BCUT2D eigenvalue weighted by atomic mass is 10.0. The minimum Gasteiger partial charge on any atom is -0.454 e. The highest BCUT2D eigenvalue weighted by atomic mass is 16.7. The first-order chi connectivity index (χ1) is 16.7. The molecule has 3 aromatic rings. The smallest absolute Gasteiger partial charge is 0.231 e. The number of ether oxygens (including phenoxy) is 2. The highest BCUT2D eigenvalue weighted by Gasteiger charge is 2.22. The maximum atomic E-state index is 13.2. The number of carbonyl (C=O) groups excluding carboxylic acids is 1. The van der Waals surface area contributed by atoms with Crippen molar-refractivity contribution >= 4 is 11.5 Å². The van der Waals surface area contributed by atoms with Gasteiger partial charge in [-0.3, -0.25) is 4.79 Å². The van der Waals surface area contributed by atoms with Gasteiger partial charge in [0, 0.05) is 31.7 Å². The van der Waals surface area contributed by atoms with E-state index in [4.69, 9.17) is 9.47 Å². The van der Waals surface area contributed by atoms with Crippen molar-refractivity contribution in [3.63, 3.8) is 0 Å². The summed E-state index contributed by atoms with van der Waals surface area (Å²) in [6.07, 6.45) is 1.59. The Bertz CT molecular complexity index is 1210. The average molecular weight is 455 g/mol. The number of carbonyl (C=O) groups is 1. The summed E-state index contributed by atoms with van der Waals surface area (Å²) in [7, 11) is 2.09. The van der Waals surface area contributed by atoms with E-state index in [1.807, 2.05) is 72.8 Å². The van der Waals surface area contributed by atoms with Crippen molar-refractivity contribution in [2.75, 3.05) is 40.0 Å². The van der Waals surface area contributed by atoms with Crippen LogP contribution in [0.2, 0.25) is 0 Å². The molecule has 0 atom stereocenters. The Morgan fingerprint density at radius 3 is 2.32 bits per heavy atom. The van der Waals surface area contributed by atoms with Crippen LogP contribution in [0.5, 0.6) is 11.5 Å². The second-order valence-corrected chi connectivity index (χ2v) is 8.33. The predicted octanol–water partition coefficient (Wildman–Crippen LogP) is 5.14. The van der Waals surface area contributed by atoms with E-state index < -0.39 is 0 Å². The Kier molecular flexibility index (Phi) is 6.35. The van der Waals surface area contributed by atoms with Crippen LogP contribution in [0.25, 0.3) is 11.1 Å². The number of allylic oxidation sites excluding steroid dienone is 1. The van der Waals surface area contributed by atoms with Gasteiger partial charge in [0.2, 0.25) is 12.6 Å². The van der Waals surface area contributed by atoms with Crippen LogP contribution in [0.3, 0.4) is 0 Å². The van der Waals surface area contributed by atoms with Crippen LogP contribution in [-0.4, -0.2) is 55.6 Å². The first kappa shape index (κ1) is 21.9. The number of fused-ring (bicyclic) bond motifs is 1. The zero-order valence-corrected chi connectivity index (χ0v) is 19.1. The second kappa shape index (κ2) is 9.89. The first-order valence-electron chi connectivity index (χ1n) is 11.3. The number of ketones is 1. The van der Waals surface area contributed by atoms with Crippen molar-refractivity contribution in [1.82, 2.24) is 9.80 Å². The van der Waals surface area contributed by atoms with E-state index in [0.29, 0.717) is 16.9 Å². The normalized spacial score (nSPS) is 16.3. The van der Waals surface area contributed by atoms with Gasteiger partial charge in [-0.25, -0.2) is 0 Å². The molecule has 0 bridgehead atoms. The van der Waals surface area contributed by atoms with Gasteiger partial charge in [-0.2, -0.15) is 10.2 Å². The number of benzene rings is 3. The van der Waals surface area contributed by atoms with Crippen LogP contribution in [0.1, 0.15) is 10.4 Å². The SMILES string of the molecule is CN1CCN(/C(=C\N=Nc2ccc(-c3ccc4c(c3)OCO4)cc2)C(=O)c2ccccc2)CC1. The third kappa shape index (κ3) is 4.84. The fraction of sp³-hybridized carbons (Fsp3) is 0.222. The summed E-state index contributed by atoms with van der Waals surface area (Å²) < 4.78 is 10.9. The van der Waals surface area contributed by atoms with Crippen LogP contribution in [0.4, 0.5) is 5.69 Å². The highest BCUT2D eigenvalue weighted by molar-refractivity contribution is 6.08. The third-order valence-electron chi connectivity index (χ3n) is 6.04. The molecule has 0 spiro atoms. The van der Waals surface area contributed by atoms with Gasteiger partial charge < -0.3 is 19.3 Å². The van der Waals surface area contributed by atoms with Crippen molar-refractivity contribution in [2.24, 2.45) is 10.2 Å². The number of hydrogen-bond donors (Lipinski definition) is 0. The lowest BCUT2D eigenvalue weighted by Gasteiger charge is -2.34. The van der Waals surface area contributed by atoms with Crippen molar-refractivity contribution < 1.29 is 14.3 Å².